The summed E-state index contributed by atoms with van der Waals surface area (Å²) >= 11 is 0. The fourth-order valence-electron chi connectivity index (χ4n) is 6.27. The maximum Gasteiger partial charge on any atom is 0.308 e. The number of carbonyl (C=O) groups is 2. The van der Waals surface area contributed by atoms with E-state index in [2.05, 4.69) is 72.7 Å². The van der Waals surface area contributed by atoms with E-state index in [1.54, 1.807) is 0 Å². The maximum atomic E-state index is 11.7. The van der Waals surface area contributed by atoms with E-state index >= 15 is 0 Å². The molecule has 0 saturated heterocycles. The van der Waals surface area contributed by atoms with E-state index in [9.17, 15) is 9.59 Å². The summed E-state index contributed by atoms with van der Waals surface area (Å²) in [4.78, 5) is 23.5. The Morgan fingerprint density at radius 2 is 1.23 bits per heavy atom. The molecular weight excluding hydrogens is 436 g/mol. The van der Waals surface area contributed by atoms with Gasteiger partial charge in [0.15, 0.2) is 0 Å². The molecule has 2 aromatic rings. The van der Waals surface area contributed by atoms with Gasteiger partial charge in [0.2, 0.25) is 0 Å². The standard InChI is InChI=1S/C31H42O4/c1-19(2)26-14-24(10-12-28(26)34-22(6)32)31(17-21(5)16-30(8,9)18-31)25-11-13-29(35-23(7)33)27(15-25)20(3)4/h10-15,19-21H,16-18H2,1-9H3. The summed E-state index contributed by atoms with van der Waals surface area (Å²) in [6, 6.07) is 12.7. The minimum Gasteiger partial charge on any atom is -0.426 e. The second-order valence-electron chi connectivity index (χ2n) is 11.9. The Labute approximate surface area is 211 Å². The van der Waals surface area contributed by atoms with Gasteiger partial charge in [-0.25, -0.2) is 0 Å². The zero-order valence-corrected chi connectivity index (χ0v) is 23.0. The van der Waals surface area contributed by atoms with Gasteiger partial charge in [0, 0.05) is 19.3 Å². The van der Waals surface area contributed by atoms with Crippen molar-refractivity contribution in [1.29, 1.82) is 0 Å². The molecule has 0 bridgehead atoms. The number of hydrogen-bond donors (Lipinski definition) is 0. The highest BCUT2D eigenvalue weighted by Crippen LogP contribution is 2.54. The lowest BCUT2D eigenvalue weighted by Gasteiger charge is -2.49. The largest absolute Gasteiger partial charge is 0.426 e. The maximum absolute atomic E-state index is 11.7. The molecule has 0 spiro atoms. The van der Waals surface area contributed by atoms with Crippen LogP contribution >= 0.6 is 0 Å². The first-order valence-electron chi connectivity index (χ1n) is 12.9. The van der Waals surface area contributed by atoms with Crippen LogP contribution in [0.3, 0.4) is 0 Å². The molecule has 2 aromatic carbocycles. The molecular formula is C31H42O4. The van der Waals surface area contributed by atoms with Gasteiger partial charge in [0.05, 0.1) is 0 Å². The molecule has 190 valence electrons. The molecule has 35 heavy (non-hydrogen) atoms. The van der Waals surface area contributed by atoms with Gasteiger partial charge >= 0.3 is 11.9 Å². The van der Waals surface area contributed by atoms with Gasteiger partial charge in [0.25, 0.3) is 0 Å². The Hall–Kier alpha value is -2.62. The Morgan fingerprint density at radius 3 is 1.57 bits per heavy atom. The monoisotopic (exact) mass is 478 g/mol. The fourth-order valence-corrected chi connectivity index (χ4v) is 6.27. The van der Waals surface area contributed by atoms with Crippen LogP contribution in [0, 0.1) is 11.3 Å². The van der Waals surface area contributed by atoms with Crippen LogP contribution in [0.5, 0.6) is 11.5 Å². The van der Waals surface area contributed by atoms with Crippen molar-refractivity contribution in [1.82, 2.24) is 0 Å². The minimum absolute atomic E-state index is 0.163. The molecule has 1 aliphatic rings. The molecule has 1 saturated carbocycles. The molecule has 1 aliphatic carbocycles. The van der Waals surface area contributed by atoms with Gasteiger partial charge in [-0.15, -0.1) is 0 Å². The Bertz CT molecular complexity index is 1020. The van der Waals surface area contributed by atoms with Crippen molar-refractivity contribution in [2.24, 2.45) is 11.3 Å². The summed E-state index contributed by atoms with van der Waals surface area (Å²) in [6.45, 7) is 18.5. The molecule has 0 radical (unpaired) electrons. The van der Waals surface area contributed by atoms with Crippen LogP contribution in [0.15, 0.2) is 36.4 Å². The van der Waals surface area contributed by atoms with Crippen LogP contribution in [-0.2, 0) is 15.0 Å². The van der Waals surface area contributed by atoms with Crippen LogP contribution in [0.4, 0.5) is 0 Å². The normalized spacial score (nSPS) is 19.0. The number of rotatable bonds is 6. The smallest absolute Gasteiger partial charge is 0.308 e. The average molecular weight is 479 g/mol. The zero-order valence-electron chi connectivity index (χ0n) is 23.0. The number of benzene rings is 2. The Morgan fingerprint density at radius 1 is 0.800 bits per heavy atom. The van der Waals surface area contributed by atoms with Crippen molar-refractivity contribution < 1.29 is 19.1 Å². The van der Waals surface area contributed by atoms with Crippen LogP contribution < -0.4 is 9.47 Å². The highest BCUT2D eigenvalue weighted by atomic mass is 16.5. The lowest BCUT2D eigenvalue weighted by atomic mass is 9.55. The van der Waals surface area contributed by atoms with Crippen molar-refractivity contribution in [2.75, 3.05) is 0 Å². The van der Waals surface area contributed by atoms with Crippen molar-refractivity contribution in [3.63, 3.8) is 0 Å². The van der Waals surface area contributed by atoms with Crippen molar-refractivity contribution in [3.8, 4) is 11.5 Å². The third kappa shape index (κ3) is 5.97. The molecule has 0 amide bonds. The molecule has 1 unspecified atom stereocenters. The van der Waals surface area contributed by atoms with Gasteiger partial charge in [0.1, 0.15) is 11.5 Å². The van der Waals surface area contributed by atoms with Crippen LogP contribution in [-0.4, -0.2) is 11.9 Å². The molecule has 0 aliphatic heterocycles. The summed E-state index contributed by atoms with van der Waals surface area (Å²) in [5.74, 6) is 1.66. The second-order valence-corrected chi connectivity index (χ2v) is 11.9. The van der Waals surface area contributed by atoms with E-state index in [-0.39, 0.29) is 34.6 Å². The van der Waals surface area contributed by atoms with E-state index in [0.29, 0.717) is 17.4 Å². The summed E-state index contributed by atoms with van der Waals surface area (Å²) in [5.41, 5.74) is 4.58. The van der Waals surface area contributed by atoms with E-state index in [1.807, 2.05) is 12.1 Å². The highest BCUT2D eigenvalue weighted by Gasteiger charge is 2.45. The van der Waals surface area contributed by atoms with Gasteiger partial charge in [-0.05, 0) is 76.8 Å². The molecule has 0 N–H and O–H groups in total. The molecule has 4 nitrogen and oxygen atoms in total. The van der Waals surface area contributed by atoms with Crippen LogP contribution in [0.25, 0.3) is 0 Å². The van der Waals surface area contributed by atoms with Gasteiger partial charge in [-0.3, -0.25) is 9.59 Å². The summed E-state index contributed by atoms with van der Waals surface area (Å²) in [7, 11) is 0. The van der Waals surface area contributed by atoms with Gasteiger partial charge in [-0.1, -0.05) is 72.7 Å². The lowest BCUT2D eigenvalue weighted by molar-refractivity contribution is -0.132. The first-order chi connectivity index (χ1) is 16.2. The third-order valence-electron chi connectivity index (χ3n) is 7.25. The summed E-state index contributed by atoms with van der Waals surface area (Å²) in [6.07, 6.45) is 3.23. The van der Waals surface area contributed by atoms with Gasteiger partial charge < -0.3 is 9.47 Å². The Balaban J connectivity index is 2.27. The Kier molecular flexibility index (Phi) is 7.83. The molecule has 1 atom stereocenters. The average Bonchev–Trinajstić information content (AvgIpc) is 2.71. The molecule has 3 rings (SSSR count). The van der Waals surface area contributed by atoms with E-state index in [4.69, 9.17) is 9.47 Å². The first kappa shape index (κ1) is 27.0. The third-order valence-corrected chi connectivity index (χ3v) is 7.25. The van der Waals surface area contributed by atoms with Crippen molar-refractivity contribution in [3.05, 3.63) is 58.7 Å². The number of carbonyl (C=O) groups excluding carboxylic acids is 2. The van der Waals surface area contributed by atoms with E-state index in [1.165, 1.54) is 31.4 Å². The summed E-state index contributed by atoms with van der Waals surface area (Å²) < 4.78 is 11.1. The predicted molar refractivity (Wildman–Crippen MR) is 141 cm³/mol. The van der Waals surface area contributed by atoms with E-state index in [0.717, 1.165) is 24.0 Å². The van der Waals surface area contributed by atoms with Crippen molar-refractivity contribution in [2.45, 2.75) is 98.8 Å². The van der Waals surface area contributed by atoms with Crippen LogP contribution in [0.1, 0.15) is 116 Å². The molecule has 4 heteroatoms. The zero-order chi connectivity index (χ0) is 26.1. The SMILES string of the molecule is CC(=O)Oc1ccc(C2(c3ccc(OC(C)=O)c(C(C)C)c3)CC(C)CC(C)(C)C2)cc1C(C)C. The summed E-state index contributed by atoms with van der Waals surface area (Å²) in [5, 5.41) is 0. The molecule has 0 heterocycles. The van der Waals surface area contributed by atoms with Gasteiger partial charge in [-0.2, -0.15) is 0 Å². The van der Waals surface area contributed by atoms with Crippen molar-refractivity contribution >= 4 is 11.9 Å². The molecule has 1 fully saturated rings. The van der Waals surface area contributed by atoms with Crippen LogP contribution in [0.2, 0.25) is 0 Å². The number of hydrogen-bond acceptors (Lipinski definition) is 4. The highest BCUT2D eigenvalue weighted by molar-refractivity contribution is 5.71. The van der Waals surface area contributed by atoms with E-state index < -0.39 is 0 Å². The predicted octanol–water partition coefficient (Wildman–Crippen LogP) is 7.92. The quantitative estimate of drug-likeness (QED) is 0.313. The topological polar surface area (TPSA) is 52.6 Å². The molecule has 0 aromatic heterocycles. The number of ether oxygens (including phenoxy) is 2. The first-order valence-corrected chi connectivity index (χ1v) is 12.9. The minimum atomic E-state index is -0.301. The second kappa shape index (κ2) is 10.2. The lowest BCUT2D eigenvalue weighted by Crippen LogP contribution is -2.41. The number of esters is 2. The fraction of sp³-hybridized carbons (Fsp3) is 0.548.